The second-order valence-electron chi connectivity index (χ2n) is 6.45. The summed E-state index contributed by atoms with van der Waals surface area (Å²) in [5.74, 6) is 0. The molecule has 0 spiro atoms. The molecule has 0 atom stereocenters. The normalized spacial score (nSPS) is 21.4. The molecule has 20 heavy (non-hydrogen) atoms. The number of hydrogen-bond acceptors (Lipinski definition) is 1. The maximum atomic E-state index is 12.9. The van der Waals surface area contributed by atoms with E-state index in [-0.39, 0.29) is 11.1 Å². The van der Waals surface area contributed by atoms with Gasteiger partial charge in [0.2, 0.25) is 0 Å². The lowest BCUT2D eigenvalue weighted by Gasteiger charge is -2.28. The van der Waals surface area contributed by atoms with E-state index in [0.717, 1.165) is 17.2 Å². The number of rotatable bonds is 1. The van der Waals surface area contributed by atoms with Crippen LogP contribution in [0.25, 0.3) is 5.57 Å². The molecule has 4 heteroatoms. The lowest BCUT2D eigenvalue weighted by atomic mass is 9.86. The third-order valence-corrected chi connectivity index (χ3v) is 4.04. The Kier molecular flexibility index (Phi) is 3.29. The Balaban J connectivity index is 2.59. The molecular formula is C16H20F3N. The lowest BCUT2D eigenvalue weighted by molar-refractivity contribution is -0.137. The molecule has 1 nitrogen and oxygen atoms in total. The van der Waals surface area contributed by atoms with Gasteiger partial charge in [0.05, 0.1) is 5.56 Å². The van der Waals surface area contributed by atoms with Gasteiger partial charge in [0.25, 0.3) is 0 Å². The lowest BCUT2D eigenvalue weighted by Crippen LogP contribution is -2.46. The molecule has 1 aliphatic rings. The van der Waals surface area contributed by atoms with Gasteiger partial charge in [-0.1, -0.05) is 12.1 Å². The zero-order valence-corrected chi connectivity index (χ0v) is 12.4. The number of hydrogen-bond donors (Lipinski definition) is 1. The summed E-state index contributed by atoms with van der Waals surface area (Å²) < 4.78 is 38.6. The highest BCUT2D eigenvalue weighted by atomic mass is 19.4. The molecule has 1 aromatic rings. The molecule has 0 amide bonds. The number of halogens is 3. The topological polar surface area (TPSA) is 12.0 Å². The standard InChI is InChI=1S/C16H20F3N/c1-10-13(15(4,5)20-14(10,2)3)11-7-6-8-12(9-11)16(17,18)19/h6-9,20H,1-5H3. The molecular weight excluding hydrogens is 263 g/mol. The molecule has 0 radical (unpaired) electrons. The first-order chi connectivity index (χ1) is 8.95. The molecule has 1 aromatic carbocycles. The van der Waals surface area contributed by atoms with Crippen molar-refractivity contribution >= 4 is 5.57 Å². The van der Waals surface area contributed by atoms with Crippen molar-refractivity contribution in [2.24, 2.45) is 0 Å². The van der Waals surface area contributed by atoms with Crippen molar-refractivity contribution in [2.75, 3.05) is 0 Å². The Bertz CT molecular complexity index is 565. The van der Waals surface area contributed by atoms with Crippen molar-refractivity contribution in [3.63, 3.8) is 0 Å². The summed E-state index contributed by atoms with van der Waals surface area (Å²) in [6.07, 6.45) is -4.31. The molecule has 1 aliphatic heterocycles. The van der Waals surface area contributed by atoms with Crippen LogP contribution in [-0.2, 0) is 6.18 Å². The van der Waals surface area contributed by atoms with Crippen LogP contribution < -0.4 is 5.32 Å². The van der Waals surface area contributed by atoms with E-state index in [0.29, 0.717) is 5.56 Å². The molecule has 1 N–H and O–H groups in total. The quantitative estimate of drug-likeness (QED) is 0.791. The minimum absolute atomic E-state index is 0.215. The average Bonchev–Trinajstić information content (AvgIpc) is 2.42. The summed E-state index contributed by atoms with van der Waals surface area (Å²) in [5, 5.41) is 3.47. The van der Waals surface area contributed by atoms with Crippen molar-refractivity contribution in [2.45, 2.75) is 51.9 Å². The van der Waals surface area contributed by atoms with E-state index in [4.69, 9.17) is 0 Å². The van der Waals surface area contributed by atoms with E-state index < -0.39 is 11.7 Å². The van der Waals surface area contributed by atoms with Gasteiger partial charge < -0.3 is 0 Å². The van der Waals surface area contributed by atoms with E-state index in [1.807, 2.05) is 34.6 Å². The largest absolute Gasteiger partial charge is 0.416 e. The molecule has 0 fully saturated rings. The van der Waals surface area contributed by atoms with Gasteiger partial charge in [0.15, 0.2) is 0 Å². The maximum absolute atomic E-state index is 12.9. The van der Waals surface area contributed by atoms with Gasteiger partial charge in [-0.2, -0.15) is 13.2 Å². The first kappa shape index (κ1) is 15.1. The molecule has 0 unspecified atom stereocenters. The highest BCUT2D eigenvalue weighted by molar-refractivity contribution is 5.79. The van der Waals surface area contributed by atoms with Gasteiger partial charge in [-0.05, 0) is 63.5 Å². The van der Waals surface area contributed by atoms with Crippen molar-refractivity contribution < 1.29 is 13.2 Å². The SMILES string of the molecule is CC1=C(c2cccc(C(F)(F)F)c2)C(C)(C)NC1(C)C. The van der Waals surface area contributed by atoms with Gasteiger partial charge in [0.1, 0.15) is 0 Å². The van der Waals surface area contributed by atoms with E-state index in [1.54, 1.807) is 6.07 Å². The van der Waals surface area contributed by atoms with E-state index in [2.05, 4.69) is 5.32 Å². The van der Waals surface area contributed by atoms with Crippen LogP contribution in [0.5, 0.6) is 0 Å². The number of nitrogens with one attached hydrogen (secondary N) is 1. The third-order valence-electron chi connectivity index (χ3n) is 4.04. The number of benzene rings is 1. The molecule has 2 rings (SSSR count). The minimum atomic E-state index is -4.31. The highest BCUT2D eigenvalue weighted by Crippen LogP contribution is 2.43. The summed E-state index contributed by atoms with van der Waals surface area (Å²) in [4.78, 5) is 0. The molecule has 0 bridgehead atoms. The van der Waals surface area contributed by atoms with Gasteiger partial charge in [-0.15, -0.1) is 0 Å². The second kappa shape index (κ2) is 4.35. The van der Waals surface area contributed by atoms with Crippen LogP contribution in [0.15, 0.2) is 29.8 Å². The Hall–Kier alpha value is -1.29. The summed E-state index contributed by atoms with van der Waals surface area (Å²) in [7, 11) is 0. The minimum Gasteiger partial charge on any atom is -0.299 e. The Labute approximate surface area is 117 Å². The maximum Gasteiger partial charge on any atom is 0.416 e. The first-order valence-corrected chi connectivity index (χ1v) is 6.64. The van der Waals surface area contributed by atoms with Gasteiger partial charge in [-0.3, -0.25) is 5.32 Å². The first-order valence-electron chi connectivity index (χ1n) is 6.64. The predicted octanol–water partition coefficient (Wildman–Crippen LogP) is 4.64. The van der Waals surface area contributed by atoms with Crippen molar-refractivity contribution in [3.8, 4) is 0 Å². The fourth-order valence-electron chi connectivity index (χ4n) is 3.15. The van der Waals surface area contributed by atoms with Gasteiger partial charge in [0, 0.05) is 11.1 Å². The van der Waals surface area contributed by atoms with Crippen LogP contribution in [0.2, 0.25) is 0 Å². The molecule has 0 saturated carbocycles. The van der Waals surface area contributed by atoms with Gasteiger partial charge >= 0.3 is 6.18 Å². The van der Waals surface area contributed by atoms with Crippen LogP contribution in [0, 0.1) is 0 Å². The van der Waals surface area contributed by atoms with Crippen LogP contribution in [0.4, 0.5) is 13.2 Å². The fraction of sp³-hybridized carbons (Fsp3) is 0.500. The zero-order chi connectivity index (χ0) is 15.3. The average molecular weight is 283 g/mol. The zero-order valence-electron chi connectivity index (χ0n) is 12.4. The predicted molar refractivity (Wildman–Crippen MR) is 75.3 cm³/mol. The Morgan fingerprint density at radius 1 is 1.00 bits per heavy atom. The van der Waals surface area contributed by atoms with Crippen molar-refractivity contribution in [1.29, 1.82) is 0 Å². The summed E-state index contributed by atoms with van der Waals surface area (Å²) in [5.41, 5.74) is 1.51. The second-order valence-corrected chi connectivity index (χ2v) is 6.45. The van der Waals surface area contributed by atoms with Crippen LogP contribution in [0.3, 0.4) is 0 Å². The van der Waals surface area contributed by atoms with E-state index >= 15 is 0 Å². The van der Waals surface area contributed by atoms with E-state index in [9.17, 15) is 13.2 Å². The molecule has 0 aliphatic carbocycles. The molecule has 110 valence electrons. The van der Waals surface area contributed by atoms with E-state index in [1.165, 1.54) is 12.1 Å². The summed E-state index contributed by atoms with van der Waals surface area (Å²) >= 11 is 0. The summed E-state index contributed by atoms with van der Waals surface area (Å²) in [6.45, 7) is 10.1. The third kappa shape index (κ3) is 2.49. The van der Waals surface area contributed by atoms with Crippen molar-refractivity contribution in [3.05, 3.63) is 41.0 Å². The van der Waals surface area contributed by atoms with Crippen molar-refractivity contribution in [1.82, 2.24) is 5.32 Å². The highest BCUT2D eigenvalue weighted by Gasteiger charge is 2.42. The monoisotopic (exact) mass is 283 g/mol. The molecule has 0 saturated heterocycles. The van der Waals surface area contributed by atoms with Crippen LogP contribution in [0.1, 0.15) is 45.7 Å². The van der Waals surface area contributed by atoms with Crippen LogP contribution in [-0.4, -0.2) is 11.1 Å². The smallest absolute Gasteiger partial charge is 0.299 e. The Morgan fingerprint density at radius 2 is 1.60 bits per heavy atom. The Morgan fingerprint density at radius 3 is 2.05 bits per heavy atom. The fourth-order valence-corrected chi connectivity index (χ4v) is 3.15. The number of alkyl halides is 3. The molecule has 1 heterocycles. The molecule has 0 aromatic heterocycles. The van der Waals surface area contributed by atoms with Crippen LogP contribution >= 0.6 is 0 Å². The summed E-state index contributed by atoms with van der Waals surface area (Å²) in [6, 6.07) is 5.57. The van der Waals surface area contributed by atoms with Gasteiger partial charge in [-0.25, -0.2) is 0 Å².